The van der Waals surface area contributed by atoms with E-state index in [9.17, 15) is 0 Å². The van der Waals surface area contributed by atoms with Gasteiger partial charge in [0.25, 0.3) is 0 Å². The predicted molar refractivity (Wildman–Crippen MR) is 90.7 cm³/mol. The van der Waals surface area contributed by atoms with Gasteiger partial charge in [-0.15, -0.1) is 0 Å². The van der Waals surface area contributed by atoms with E-state index in [0.29, 0.717) is 6.04 Å². The number of benzene rings is 2. The number of fused-ring (bicyclic) bond motifs is 3. The van der Waals surface area contributed by atoms with Crippen molar-refractivity contribution in [2.24, 2.45) is 0 Å². The highest BCUT2D eigenvalue weighted by molar-refractivity contribution is 9.10. The van der Waals surface area contributed by atoms with E-state index in [2.05, 4.69) is 69.8 Å². The molecule has 108 valence electrons. The summed E-state index contributed by atoms with van der Waals surface area (Å²) in [6.07, 6.45) is 4.86. The zero-order valence-corrected chi connectivity index (χ0v) is 13.7. The van der Waals surface area contributed by atoms with Crippen molar-refractivity contribution < 1.29 is 0 Å². The summed E-state index contributed by atoms with van der Waals surface area (Å²) < 4.78 is 1.21. The number of aryl methyl sites for hydroxylation is 1. The Morgan fingerprint density at radius 1 is 1.14 bits per heavy atom. The summed E-state index contributed by atoms with van der Waals surface area (Å²) >= 11 is 3.63. The van der Waals surface area contributed by atoms with Crippen LogP contribution in [0.15, 0.2) is 53.0 Å². The zero-order chi connectivity index (χ0) is 14.3. The maximum absolute atomic E-state index is 3.76. The normalized spacial score (nSPS) is 27.2. The van der Waals surface area contributed by atoms with Gasteiger partial charge in [-0.1, -0.05) is 52.3 Å². The Morgan fingerprint density at radius 3 is 2.86 bits per heavy atom. The topological polar surface area (TPSA) is 12.0 Å². The van der Waals surface area contributed by atoms with Crippen molar-refractivity contribution in [1.82, 2.24) is 5.32 Å². The van der Waals surface area contributed by atoms with Crippen molar-refractivity contribution in [1.29, 1.82) is 0 Å². The fourth-order valence-corrected chi connectivity index (χ4v) is 4.77. The van der Waals surface area contributed by atoms with Gasteiger partial charge in [-0.2, -0.15) is 0 Å². The molecule has 2 atom stereocenters. The monoisotopic (exact) mass is 341 g/mol. The van der Waals surface area contributed by atoms with Gasteiger partial charge in [-0.25, -0.2) is 0 Å². The number of hydrogen-bond acceptors (Lipinski definition) is 1. The maximum Gasteiger partial charge on any atom is 0.0178 e. The molecule has 1 nitrogen and oxygen atoms in total. The Morgan fingerprint density at radius 2 is 2.00 bits per heavy atom. The Kier molecular flexibility index (Phi) is 3.39. The third-order valence-corrected chi connectivity index (χ3v) is 5.79. The third kappa shape index (κ3) is 2.25. The van der Waals surface area contributed by atoms with Crippen molar-refractivity contribution in [3.8, 4) is 0 Å². The molecular weight excluding hydrogens is 322 g/mol. The van der Waals surface area contributed by atoms with Crippen LogP contribution >= 0.6 is 15.9 Å². The van der Waals surface area contributed by atoms with E-state index in [1.165, 1.54) is 29.3 Å². The van der Waals surface area contributed by atoms with E-state index < -0.39 is 0 Å². The lowest BCUT2D eigenvalue weighted by Gasteiger charge is -2.41. The van der Waals surface area contributed by atoms with Crippen molar-refractivity contribution in [3.05, 3.63) is 69.7 Å². The minimum atomic E-state index is 0.287. The molecule has 0 aromatic heterocycles. The molecule has 2 aliphatic rings. The van der Waals surface area contributed by atoms with Crippen molar-refractivity contribution in [2.75, 3.05) is 6.54 Å². The lowest BCUT2D eigenvalue weighted by atomic mass is 9.64. The van der Waals surface area contributed by atoms with Crippen LogP contribution in [0.4, 0.5) is 0 Å². The first-order chi connectivity index (χ1) is 10.3. The largest absolute Gasteiger partial charge is 0.313 e. The molecule has 2 unspecified atom stereocenters. The Labute approximate surface area is 134 Å². The summed E-state index contributed by atoms with van der Waals surface area (Å²) in [5, 5.41) is 3.76. The molecule has 1 heterocycles. The highest BCUT2D eigenvalue weighted by atomic mass is 79.9. The highest BCUT2D eigenvalue weighted by Gasteiger charge is 2.47. The zero-order valence-electron chi connectivity index (χ0n) is 12.1. The molecule has 1 saturated heterocycles. The fraction of sp³-hybridized carbons (Fsp3) is 0.368. The van der Waals surface area contributed by atoms with Crippen LogP contribution in [0.5, 0.6) is 0 Å². The molecule has 0 amide bonds. The van der Waals surface area contributed by atoms with Crippen LogP contribution in [0.2, 0.25) is 0 Å². The summed E-state index contributed by atoms with van der Waals surface area (Å²) in [6, 6.07) is 18.5. The van der Waals surface area contributed by atoms with E-state index in [1.54, 1.807) is 11.1 Å². The molecule has 0 spiro atoms. The van der Waals surface area contributed by atoms with Gasteiger partial charge in [0, 0.05) is 15.9 Å². The van der Waals surface area contributed by atoms with Crippen molar-refractivity contribution in [2.45, 2.75) is 37.1 Å². The average molecular weight is 342 g/mol. The first-order valence-corrected chi connectivity index (χ1v) is 8.63. The van der Waals surface area contributed by atoms with Crippen LogP contribution in [0.25, 0.3) is 0 Å². The van der Waals surface area contributed by atoms with Gasteiger partial charge in [0.2, 0.25) is 0 Å². The van der Waals surface area contributed by atoms with Crippen LogP contribution < -0.4 is 5.32 Å². The van der Waals surface area contributed by atoms with Gasteiger partial charge < -0.3 is 5.32 Å². The maximum atomic E-state index is 3.76. The highest BCUT2D eigenvalue weighted by Crippen LogP contribution is 2.45. The number of hydrogen-bond donors (Lipinski definition) is 1. The summed E-state index contributed by atoms with van der Waals surface area (Å²) in [7, 11) is 0. The first-order valence-electron chi connectivity index (χ1n) is 7.84. The standard InChI is InChI=1S/C19H20BrN/c20-16-7-8-17-15(12-16)6-9-18-19(17,10-11-21-18)13-14-4-2-1-3-5-14/h1-5,7-8,12,18,21H,6,9-11,13H2. The molecule has 2 heteroatoms. The molecule has 0 saturated carbocycles. The van der Waals surface area contributed by atoms with E-state index in [0.717, 1.165) is 13.0 Å². The van der Waals surface area contributed by atoms with Crippen molar-refractivity contribution >= 4 is 15.9 Å². The number of rotatable bonds is 2. The van der Waals surface area contributed by atoms with Gasteiger partial charge >= 0.3 is 0 Å². The van der Waals surface area contributed by atoms with Gasteiger partial charge in [-0.3, -0.25) is 0 Å². The molecule has 1 aliphatic carbocycles. The van der Waals surface area contributed by atoms with Gasteiger partial charge in [-0.05, 0) is 61.1 Å². The number of nitrogens with one attached hydrogen (secondary N) is 1. The second-order valence-electron chi connectivity index (χ2n) is 6.42. The molecule has 4 rings (SSSR count). The molecular formula is C19H20BrN. The van der Waals surface area contributed by atoms with Crippen LogP contribution in [0, 0.1) is 0 Å². The van der Waals surface area contributed by atoms with Crippen molar-refractivity contribution in [3.63, 3.8) is 0 Å². The summed E-state index contributed by atoms with van der Waals surface area (Å²) in [4.78, 5) is 0. The molecule has 1 N–H and O–H groups in total. The second kappa shape index (κ2) is 5.26. The summed E-state index contributed by atoms with van der Waals surface area (Å²) in [5.41, 5.74) is 4.87. The Balaban J connectivity index is 1.81. The third-order valence-electron chi connectivity index (χ3n) is 5.30. The lowest BCUT2D eigenvalue weighted by Crippen LogP contribution is -2.45. The lowest BCUT2D eigenvalue weighted by molar-refractivity contribution is 0.326. The van der Waals surface area contributed by atoms with Crippen LogP contribution in [-0.4, -0.2) is 12.6 Å². The molecule has 0 radical (unpaired) electrons. The molecule has 2 aromatic carbocycles. The quantitative estimate of drug-likeness (QED) is 0.861. The Bertz CT molecular complexity index is 652. The SMILES string of the molecule is Brc1ccc2c(c1)CCC1NCCC21Cc1ccccc1. The second-order valence-corrected chi connectivity index (χ2v) is 7.33. The van der Waals surface area contributed by atoms with Crippen LogP contribution in [0.3, 0.4) is 0 Å². The summed E-state index contributed by atoms with van der Waals surface area (Å²) in [6.45, 7) is 1.15. The minimum Gasteiger partial charge on any atom is -0.313 e. The first kappa shape index (κ1) is 13.5. The van der Waals surface area contributed by atoms with Crippen LogP contribution in [0.1, 0.15) is 29.5 Å². The fourth-order valence-electron chi connectivity index (χ4n) is 4.36. The smallest absolute Gasteiger partial charge is 0.0178 e. The molecule has 1 aliphatic heterocycles. The van der Waals surface area contributed by atoms with Gasteiger partial charge in [0.05, 0.1) is 0 Å². The Hall–Kier alpha value is -1.12. The summed E-state index contributed by atoms with van der Waals surface area (Å²) in [5.74, 6) is 0. The van der Waals surface area contributed by atoms with Crippen LogP contribution in [-0.2, 0) is 18.3 Å². The molecule has 21 heavy (non-hydrogen) atoms. The van der Waals surface area contributed by atoms with E-state index in [-0.39, 0.29) is 5.41 Å². The molecule has 1 fully saturated rings. The van der Waals surface area contributed by atoms with E-state index in [4.69, 9.17) is 0 Å². The molecule has 0 bridgehead atoms. The van der Waals surface area contributed by atoms with E-state index >= 15 is 0 Å². The number of halogens is 1. The van der Waals surface area contributed by atoms with Gasteiger partial charge in [0.1, 0.15) is 0 Å². The average Bonchev–Trinajstić information content (AvgIpc) is 2.91. The van der Waals surface area contributed by atoms with Gasteiger partial charge in [0.15, 0.2) is 0 Å². The van der Waals surface area contributed by atoms with E-state index in [1.807, 2.05) is 0 Å². The molecule has 2 aromatic rings. The minimum absolute atomic E-state index is 0.287. The predicted octanol–water partition coefficient (Wildman–Crippen LogP) is 4.24.